The van der Waals surface area contributed by atoms with Crippen LogP contribution in [0.3, 0.4) is 0 Å². The molecule has 2 aromatic carbocycles. The number of pyridine rings is 1. The maximum atomic E-state index is 12.1. The number of nitrogens with one attached hydrogen (secondary N) is 1. The van der Waals surface area contributed by atoms with E-state index in [0.717, 1.165) is 5.39 Å². The Bertz CT molecular complexity index is 878. The predicted octanol–water partition coefficient (Wildman–Crippen LogP) is 3.91. The number of rotatable bonds is 5. The summed E-state index contributed by atoms with van der Waals surface area (Å²) < 4.78 is 10.8. The summed E-state index contributed by atoms with van der Waals surface area (Å²) >= 11 is 5.95. The second kappa shape index (κ2) is 7.19. The minimum absolute atomic E-state index is 0.147. The Morgan fingerprint density at radius 2 is 2.00 bits per heavy atom. The Kier molecular flexibility index (Phi) is 4.82. The highest BCUT2D eigenvalue weighted by Gasteiger charge is 2.10. The summed E-state index contributed by atoms with van der Waals surface area (Å²) in [7, 11) is 1.52. The smallest absolute Gasteiger partial charge is 0.262 e. The largest absolute Gasteiger partial charge is 0.495 e. The van der Waals surface area contributed by atoms with Crippen molar-refractivity contribution in [3.63, 3.8) is 0 Å². The molecule has 0 atom stereocenters. The quantitative estimate of drug-likeness (QED) is 0.763. The first-order valence-corrected chi connectivity index (χ1v) is 7.65. The zero-order chi connectivity index (χ0) is 16.9. The lowest BCUT2D eigenvalue weighted by Crippen LogP contribution is -2.20. The molecule has 6 heteroatoms. The third-order valence-corrected chi connectivity index (χ3v) is 3.63. The van der Waals surface area contributed by atoms with E-state index in [1.165, 1.54) is 7.11 Å². The van der Waals surface area contributed by atoms with Crippen LogP contribution in [0.1, 0.15) is 0 Å². The van der Waals surface area contributed by atoms with Gasteiger partial charge in [0.05, 0.1) is 12.8 Å². The molecule has 0 aliphatic heterocycles. The van der Waals surface area contributed by atoms with E-state index in [-0.39, 0.29) is 12.5 Å². The first-order valence-electron chi connectivity index (χ1n) is 7.27. The van der Waals surface area contributed by atoms with Crippen LogP contribution in [0.25, 0.3) is 10.9 Å². The molecular weight excluding hydrogens is 328 g/mol. The van der Waals surface area contributed by atoms with E-state index in [4.69, 9.17) is 21.1 Å². The van der Waals surface area contributed by atoms with Gasteiger partial charge in [-0.1, -0.05) is 29.8 Å². The van der Waals surface area contributed by atoms with Gasteiger partial charge in [-0.05, 0) is 30.3 Å². The molecule has 0 aliphatic carbocycles. The number of hydrogen-bond acceptors (Lipinski definition) is 4. The number of hydrogen-bond donors (Lipinski definition) is 1. The van der Waals surface area contributed by atoms with Crippen molar-refractivity contribution >= 4 is 34.1 Å². The van der Waals surface area contributed by atoms with Crippen LogP contribution >= 0.6 is 11.6 Å². The van der Waals surface area contributed by atoms with Crippen molar-refractivity contribution in [1.29, 1.82) is 0 Å². The number of carbonyl (C=O) groups is 1. The summed E-state index contributed by atoms with van der Waals surface area (Å²) in [6, 6.07) is 14.4. The second-order valence-electron chi connectivity index (χ2n) is 5.01. The molecule has 1 aromatic heterocycles. The van der Waals surface area contributed by atoms with Gasteiger partial charge in [0.2, 0.25) is 0 Å². The van der Waals surface area contributed by atoms with E-state index in [1.54, 1.807) is 30.5 Å². The summed E-state index contributed by atoms with van der Waals surface area (Å²) in [5.41, 5.74) is 1.21. The summed E-state index contributed by atoms with van der Waals surface area (Å²) in [6.45, 7) is -0.147. The van der Waals surface area contributed by atoms with Gasteiger partial charge in [-0.15, -0.1) is 0 Å². The van der Waals surface area contributed by atoms with Crippen LogP contribution in [0.5, 0.6) is 11.5 Å². The van der Waals surface area contributed by atoms with E-state index in [9.17, 15) is 4.79 Å². The maximum absolute atomic E-state index is 12.1. The number of carbonyl (C=O) groups excluding carboxylic acids is 1. The number of anilines is 1. The fourth-order valence-electron chi connectivity index (χ4n) is 2.30. The average molecular weight is 343 g/mol. The molecule has 0 bridgehead atoms. The third-order valence-electron chi connectivity index (χ3n) is 3.39. The van der Waals surface area contributed by atoms with Gasteiger partial charge in [-0.25, -0.2) is 0 Å². The molecular formula is C18H15ClN2O3. The first-order chi connectivity index (χ1) is 11.7. The minimum atomic E-state index is -0.316. The SMILES string of the molecule is COc1ccc(Cl)cc1NC(=O)COc1cccc2cccnc12. The molecule has 0 fully saturated rings. The summed E-state index contributed by atoms with van der Waals surface area (Å²) in [6.07, 6.45) is 1.69. The molecule has 1 heterocycles. The number of ether oxygens (including phenoxy) is 2. The highest BCUT2D eigenvalue weighted by Crippen LogP contribution is 2.28. The van der Waals surface area contributed by atoms with E-state index in [2.05, 4.69) is 10.3 Å². The van der Waals surface area contributed by atoms with Gasteiger partial charge < -0.3 is 14.8 Å². The highest BCUT2D eigenvalue weighted by atomic mass is 35.5. The molecule has 0 unspecified atom stereocenters. The van der Waals surface area contributed by atoms with Crippen molar-refractivity contribution in [1.82, 2.24) is 4.98 Å². The second-order valence-corrected chi connectivity index (χ2v) is 5.45. The van der Waals surface area contributed by atoms with Crippen LogP contribution in [-0.4, -0.2) is 24.6 Å². The minimum Gasteiger partial charge on any atom is -0.495 e. The van der Waals surface area contributed by atoms with Crippen molar-refractivity contribution in [3.05, 3.63) is 59.8 Å². The number of para-hydroxylation sites is 1. The molecule has 0 spiro atoms. The number of amides is 1. The number of methoxy groups -OCH3 is 1. The van der Waals surface area contributed by atoms with Crippen molar-refractivity contribution in [2.75, 3.05) is 19.0 Å². The Balaban J connectivity index is 1.71. The Morgan fingerprint density at radius 3 is 2.83 bits per heavy atom. The topological polar surface area (TPSA) is 60.5 Å². The number of benzene rings is 2. The normalized spacial score (nSPS) is 10.4. The van der Waals surface area contributed by atoms with Crippen LogP contribution < -0.4 is 14.8 Å². The van der Waals surface area contributed by atoms with Gasteiger partial charge in [0.15, 0.2) is 6.61 Å². The van der Waals surface area contributed by atoms with Crippen LogP contribution in [0, 0.1) is 0 Å². The van der Waals surface area contributed by atoms with E-state index < -0.39 is 0 Å². The van der Waals surface area contributed by atoms with E-state index in [1.807, 2.05) is 24.3 Å². The lowest BCUT2D eigenvalue weighted by molar-refractivity contribution is -0.118. The van der Waals surface area contributed by atoms with Gasteiger partial charge in [0, 0.05) is 16.6 Å². The standard InChI is InChI=1S/C18H15ClN2O3/c1-23-15-8-7-13(19)10-14(15)21-17(22)11-24-16-6-2-4-12-5-3-9-20-18(12)16/h2-10H,11H2,1H3,(H,21,22). The summed E-state index contributed by atoms with van der Waals surface area (Å²) in [4.78, 5) is 16.4. The van der Waals surface area contributed by atoms with E-state index in [0.29, 0.717) is 27.7 Å². The van der Waals surface area contributed by atoms with Crippen molar-refractivity contribution < 1.29 is 14.3 Å². The number of halogens is 1. The van der Waals surface area contributed by atoms with E-state index >= 15 is 0 Å². The lowest BCUT2D eigenvalue weighted by atomic mass is 10.2. The zero-order valence-electron chi connectivity index (χ0n) is 13.0. The predicted molar refractivity (Wildman–Crippen MR) is 93.9 cm³/mol. The van der Waals surface area contributed by atoms with Gasteiger partial charge in [-0.3, -0.25) is 9.78 Å². The summed E-state index contributed by atoms with van der Waals surface area (Å²) in [5, 5.41) is 4.18. The molecule has 1 amide bonds. The molecule has 3 aromatic rings. The zero-order valence-corrected chi connectivity index (χ0v) is 13.7. The van der Waals surface area contributed by atoms with Crippen molar-refractivity contribution in [3.8, 4) is 11.5 Å². The lowest BCUT2D eigenvalue weighted by Gasteiger charge is -2.12. The van der Waals surface area contributed by atoms with Gasteiger partial charge in [-0.2, -0.15) is 0 Å². The molecule has 122 valence electrons. The van der Waals surface area contributed by atoms with Gasteiger partial charge >= 0.3 is 0 Å². The third kappa shape index (κ3) is 3.58. The van der Waals surface area contributed by atoms with Gasteiger partial charge in [0.25, 0.3) is 5.91 Å². The molecule has 3 rings (SSSR count). The molecule has 0 saturated heterocycles. The maximum Gasteiger partial charge on any atom is 0.262 e. The fraction of sp³-hybridized carbons (Fsp3) is 0.111. The Morgan fingerprint density at radius 1 is 1.17 bits per heavy atom. The first kappa shape index (κ1) is 16.1. The number of nitrogens with zero attached hydrogens (tertiary/aromatic N) is 1. The van der Waals surface area contributed by atoms with Crippen molar-refractivity contribution in [2.24, 2.45) is 0 Å². The Labute approximate surface area is 144 Å². The Hall–Kier alpha value is -2.79. The van der Waals surface area contributed by atoms with Gasteiger partial charge in [0.1, 0.15) is 17.0 Å². The number of fused-ring (bicyclic) bond motifs is 1. The van der Waals surface area contributed by atoms with Crippen LogP contribution in [0.15, 0.2) is 54.7 Å². The molecule has 24 heavy (non-hydrogen) atoms. The van der Waals surface area contributed by atoms with Crippen molar-refractivity contribution in [2.45, 2.75) is 0 Å². The molecule has 0 aliphatic rings. The average Bonchev–Trinajstić information content (AvgIpc) is 2.60. The molecule has 0 saturated carbocycles. The fourth-order valence-corrected chi connectivity index (χ4v) is 2.47. The molecule has 1 N–H and O–H groups in total. The van der Waals surface area contributed by atoms with Crippen LogP contribution in [0.2, 0.25) is 5.02 Å². The highest BCUT2D eigenvalue weighted by molar-refractivity contribution is 6.31. The monoisotopic (exact) mass is 342 g/mol. The molecule has 0 radical (unpaired) electrons. The summed E-state index contributed by atoms with van der Waals surface area (Å²) in [5.74, 6) is 0.768. The van der Waals surface area contributed by atoms with Crippen LogP contribution in [-0.2, 0) is 4.79 Å². The molecule has 5 nitrogen and oxygen atoms in total. The number of aromatic nitrogens is 1. The van der Waals surface area contributed by atoms with Crippen LogP contribution in [0.4, 0.5) is 5.69 Å².